The molecule has 0 radical (unpaired) electrons. The minimum Gasteiger partial charge on any atom is -0.321 e. The van der Waals surface area contributed by atoms with Gasteiger partial charge in [-0.2, -0.15) is 0 Å². The maximum absolute atomic E-state index is 6.57. The Bertz CT molecular complexity index is 422. The predicted molar refractivity (Wildman–Crippen MR) is 84.6 cm³/mol. The molecular weight excluding hydrogens is 244 g/mol. The summed E-state index contributed by atoms with van der Waals surface area (Å²) in [4.78, 5) is 2.58. The molecule has 1 aromatic rings. The van der Waals surface area contributed by atoms with Gasteiger partial charge in [0.2, 0.25) is 0 Å². The minimum atomic E-state index is -0.235. The van der Waals surface area contributed by atoms with Crippen LogP contribution in [0.2, 0.25) is 0 Å². The highest BCUT2D eigenvalue weighted by atomic mass is 15.2. The van der Waals surface area contributed by atoms with Crippen LogP contribution in [0, 0.1) is 5.41 Å². The van der Waals surface area contributed by atoms with Gasteiger partial charge in [0.15, 0.2) is 0 Å². The monoisotopic (exact) mass is 272 g/mol. The fraction of sp³-hybridized carbons (Fsp3) is 0.667. The molecule has 0 aromatic heterocycles. The van der Waals surface area contributed by atoms with Crippen molar-refractivity contribution < 1.29 is 0 Å². The van der Waals surface area contributed by atoms with E-state index >= 15 is 0 Å². The Labute approximate surface area is 123 Å². The molecule has 1 saturated heterocycles. The van der Waals surface area contributed by atoms with Crippen LogP contribution in [0.1, 0.15) is 51.0 Å². The van der Waals surface area contributed by atoms with Gasteiger partial charge in [0.1, 0.15) is 0 Å². The van der Waals surface area contributed by atoms with E-state index in [1.807, 2.05) is 0 Å². The van der Waals surface area contributed by atoms with Gasteiger partial charge in [-0.3, -0.25) is 0 Å². The van der Waals surface area contributed by atoms with Crippen LogP contribution in [0.25, 0.3) is 0 Å². The van der Waals surface area contributed by atoms with Crippen LogP contribution in [0.5, 0.6) is 0 Å². The van der Waals surface area contributed by atoms with Crippen molar-refractivity contribution in [3.8, 4) is 0 Å². The van der Waals surface area contributed by atoms with E-state index in [2.05, 4.69) is 42.2 Å². The van der Waals surface area contributed by atoms with E-state index in [-0.39, 0.29) is 5.54 Å². The van der Waals surface area contributed by atoms with Crippen LogP contribution in [-0.4, -0.2) is 24.5 Å². The summed E-state index contributed by atoms with van der Waals surface area (Å²) in [5.74, 6) is 0. The SMILES string of the molecule is CC(N)(CN1CCC2(CCCC2)CC1)c1ccccc1. The smallest absolute Gasteiger partial charge is 0.0509 e. The molecule has 2 N–H and O–H groups in total. The summed E-state index contributed by atoms with van der Waals surface area (Å²) in [5, 5.41) is 0. The molecule has 1 atom stereocenters. The van der Waals surface area contributed by atoms with Gasteiger partial charge in [0, 0.05) is 6.54 Å². The Morgan fingerprint density at radius 1 is 1.05 bits per heavy atom. The molecule has 2 nitrogen and oxygen atoms in total. The Morgan fingerprint density at radius 2 is 1.65 bits per heavy atom. The van der Waals surface area contributed by atoms with Crippen LogP contribution in [0.4, 0.5) is 0 Å². The normalized spacial score (nSPS) is 25.7. The van der Waals surface area contributed by atoms with Crippen molar-refractivity contribution in [3.05, 3.63) is 35.9 Å². The van der Waals surface area contributed by atoms with E-state index in [0.29, 0.717) is 5.41 Å². The van der Waals surface area contributed by atoms with Crippen LogP contribution in [0.3, 0.4) is 0 Å². The first-order chi connectivity index (χ1) is 9.60. The molecule has 1 spiro atoms. The van der Waals surface area contributed by atoms with Crippen molar-refractivity contribution in [2.75, 3.05) is 19.6 Å². The van der Waals surface area contributed by atoms with Gasteiger partial charge in [0.05, 0.1) is 5.54 Å². The zero-order valence-electron chi connectivity index (χ0n) is 12.8. The lowest BCUT2D eigenvalue weighted by molar-refractivity contribution is 0.0919. The zero-order valence-corrected chi connectivity index (χ0v) is 12.8. The van der Waals surface area contributed by atoms with Gasteiger partial charge < -0.3 is 10.6 Å². The lowest BCUT2D eigenvalue weighted by Gasteiger charge is -2.42. The predicted octanol–water partition coefficient (Wildman–Crippen LogP) is 3.52. The van der Waals surface area contributed by atoms with Crippen LogP contribution in [0.15, 0.2) is 30.3 Å². The lowest BCUT2D eigenvalue weighted by atomic mass is 9.76. The van der Waals surface area contributed by atoms with Gasteiger partial charge in [0.25, 0.3) is 0 Å². The molecule has 0 amide bonds. The van der Waals surface area contributed by atoms with E-state index in [4.69, 9.17) is 5.73 Å². The van der Waals surface area contributed by atoms with Gasteiger partial charge in [-0.15, -0.1) is 0 Å². The third-order valence-corrected chi connectivity index (χ3v) is 5.57. The number of nitrogens with two attached hydrogens (primary N) is 1. The summed E-state index contributed by atoms with van der Waals surface area (Å²) in [6, 6.07) is 10.5. The first-order valence-corrected chi connectivity index (χ1v) is 8.17. The molecule has 0 bridgehead atoms. The van der Waals surface area contributed by atoms with Gasteiger partial charge >= 0.3 is 0 Å². The summed E-state index contributed by atoms with van der Waals surface area (Å²) in [6.45, 7) is 5.62. The molecular formula is C18H28N2. The summed E-state index contributed by atoms with van der Waals surface area (Å²) in [6.07, 6.45) is 8.63. The van der Waals surface area contributed by atoms with Crippen molar-refractivity contribution in [2.45, 2.75) is 51.0 Å². The minimum absolute atomic E-state index is 0.235. The molecule has 1 saturated carbocycles. The quantitative estimate of drug-likeness (QED) is 0.912. The van der Waals surface area contributed by atoms with Crippen molar-refractivity contribution in [1.29, 1.82) is 0 Å². The van der Waals surface area contributed by atoms with E-state index < -0.39 is 0 Å². The maximum Gasteiger partial charge on any atom is 0.0509 e. The van der Waals surface area contributed by atoms with Crippen LogP contribution in [-0.2, 0) is 5.54 Å². The third-order valence-electron chi connectivity index (χ3n) is 5.57. The molecule has 2 aliphatic rings. The molecule has 1 aromatic carbocycles. The van der Waals surface area contributed by atoms with E-state index in [1.54, 1.807) is 0 Å². The second-order valence-corrected chi connectivity index (χ2v) is 7.27. The molecule has 3 rings (SSSR count). The van der Waals surface area contributed by atoms with Crippen LogP contribution < -0.4 is 5.73 Å². The molecule has 2 fully saturated rings. The number of likely N-dealkylation sites (tertiary alicyclic amines) is 1. The highest BCUT2D eigenvalue weighted by Gasteiger charge is 2.38. The van der Waals surface area contributed by atoms with Crippen molar-refractivity contribution in [2.24, 2.45) is 11.1 Å². The molecule has 2 heteroatoms. The maximum atomic E-state index is 6.57. The second-order valence-electron chi connectivity index (χ2n) is 7.27. The second kappa shape index (κ2) is 5.50. The van der Waals surface area contributed by atoms with Gasteiger partial charge in [-0.05, 0) is 56.7 Å². The highest BCUT2D eigenvalue weighted by Crippen LogP contribution is 2.46. The third kappa shape index (κ3) is 2.91. The Morgan fingerprint density at radius 3 is 2.25 bits per heavy atom. The number of hydrogen-bond donors (Lipinski definition) is 1. The lowest BCUT2D eigenvalue weighted by Crippen LogP contribution is -2.49. The Hall–Kier alpha value is -0.860. The largest absolute Gasteiger partial charge is 0.321 e. The van der Waals surface area contributed by atoms with Crippen molar-refractivity contribution in [1.82, 2.24) is 4.90 Å². The van der Waals surface area contributed by atoms with E-state index in [0.717, 1.165) is 6.54 Å². The van der Waals surface area contributed by atoms with Crippen molar-refractivity contribution in [3.63, 3.8) is 0 Å². The molecule has 1 aliphatic carbocycles. The van der Waals surface area contributed by atoms with E-state index in [1.165, 1.54) is 57.2 Å². The zero-order chi connectivity index (χ0) is 14.1. The first kappa shape index (κ1) is 14.1. The number of benzene rings is 1. The molecule has 1 aliphatic heterocycles. The Kier molecular flexibility index (Phi) is 3.87. The first-order valence-electron chi connectivity index (χ1n) is 8.17. The molecule has 1 heterocycles. The average Bonchev–Trinajstić information content (AvgIpc) is 2.91. The number of rotatable bonds is 3. The summed E-state index contributed by atoms with van der Waals surface area (Å²) < 4.78 is 0. The number of nitrogens with zero attached hydrogens (tertiary/aromatic N) is 1. The summed E-state index contributed by atoms with van der Waals surface area (Å²) in [7, 11) is 0. The fourth-order valence-corrected chi connectivity index (χ4v) is 4.19. The molecule has 1 unspecified atom stereocenters. The summed E-state index contributed by atoms with van der Waals surface area (Å²) in [5.41, 5.74) is 8.29. The van der Waals surface area contributed by atoms with Crippen molar-refractivity contribution >= 4 is 0 Å². The average molecular weight is 272 g/mol. The fourth-order valence-electron chi connectivity index (χ4n) is 4.19. The van der Waals surface area contributed by atoms with Gasteiger partial charge in [-0.1, -0.05) is 43.2 Å². The highest BCUT2D eigenvalue weighted by molar-refractivity contribution is 5.23. The molecule has 20 heavy (non-hydrogen) atoms. The topological polar surface area (TPSA) is 29.3 Å². The molecule has 110 valence electrons. The number of piperidine rings is 1. The number of hydrogen-bond acceptors (Lipinski definition) is 2. The van der Waals surface area contributed by atoms with Gasteiger partial charge in [-0.25, -0.2) is 0 Å². The van der Waals surface area contributed by atoms with E-state index in [9.17, 15) is 0 Å². The van der Waals surface area contributed by atoms with Crippen LogP contribution >= 0.6 is 0 Å². The standard InChI is InChI=1S/C18H28N2/c1-17(19,16-7-3-2-4-8-16)15-20-13-11-18(12-14-20)9-5-6-10-18/h2-4,7-8H,5-6,9-15,19H2,1H3. The summed E-state index contributed by atoms with van der Waals surface area (Å²) >= 11 is 0. The Balaban J connectivity index is 1.59.